The first-order valence-electron chi connectivity index (χ1n) is 9.68. The second-order valence-corrected chi connectivity index (χ2v) is 7.91. The van der Waals surface area contributed by atoms with Gasteiger partial charge in [-0.1, -0.05) is 48.0 Å². The fourth-order valence-electron chi connectivity index (χ4n) is 3.76. The average Bonchev–Trinajstić information content (AvgIpc) is 3.00. The van der Waals surface area contributed by atoms with Crippen molar-refractivity contribution in [1.82, 2.24) is 0 Å². The van der Waals surface area contributed by atoms with E-state index < -0.39 is 29.3 Å². The third-order valence-corrected chi connectivity index (χ3v) is 5.75. The highest BCUT2D eigenvalue weighted by atomic mass is 35.5. The van der Waals surface area contributed by atoms with Crippen molar-refractivity contribution >= 4 is 34.7 Å². The summed E-state index contributed by atoms with van der Waals surface area (Å²) in [6.07, 6.45) is 0. The lowest BCUT2D eigenvalue weighted by molar-refractivity contribution is -0.132. The number of carbonyl (C=O) groups is 2. The summed E-state index contributed by atoms with van der Waals surface area (Å²) in [6.45, 7) is 3.82. The Balaban J connectivity index is 1.99. The number of aliphatic hydroxyl groups is 1. The van der Waals surface area contributed by atoms with Gasteiger partial charge in [-0.15, -0.1) is 0 Å². The second kappa shape index (κ2) is 8.00. The number of aliphatic hydroxyl groups excluding tert-OH is 1. The summed E-state index contributed by atoms with van der Waals surface area (Å²) < 4.78 is 14.9. The molecule has 1 saturated heterocycles. The van der Waals surface area contributed by atoms with Gasteiger partial charge >= 0.3 is 0 Å². The Labute approximate surface area is 184 Å². The molecule has 1 aliphatic heterocycles. The minimum atomic E-state index is -1.12. The maximum atomic E-state index is 14.9. The van der Waals surface area contributed by atoms with Crippen LogP contribution >= 0.6 is 11.6 Å². The molecule has 156 valence electrons. The highest BCUT2D eigenvalue weighted by Gasteiger charge is 2.47. The fraction of sp³-hybridized carbons (Fsp3) is 0.120. The Hall–Kier alpha value is -3.44. The summed E-state index contributed by atoms with van der Waals surface area (Å²) in [5.74, 6) is -2.70. The zero-order valence-electron chi connectivity index (χ0n) is 16.9. The van der Waals surface area contributed by atoms with Gasteiger partial charge in [0.05, 0.1) is 11.6 Å². The molecule has 1 amide bonds. The van der Waals surface area contributed by atoms with Gasteiger partial charge in [-0.3, -0.25) is 14.5 Å². The summed E-state index contributed by atoms with van der Waals surface area (Å²) in [5.41, 5.74) is 2.58. The number of rotatable bonds is 3. The number of nitrogens with zero attached hydrogens (tertiary/aromatic N) is 1. The Bertz CT molecular complexity index is 1250. The third kappa shape index (κ3) is 3.62. The van der Waals surface area contributed by atoms with Gasteiger partial charge in [0.15, 0.2) is 0 Å². The van der Waals surface area contributed by atoms with Crippen LogP contribution < -0.4 is 4.90 Å². The average molecular weight is 436 g/mol. The first-order chi connectivity index (χ1) is 14.8. The number of anilines is 1. The molecule has 0 bridgehead atoms. The number of halogens is 2. The molecule has 1 N–H and O–H groups in total. The fourth-order valence-corrected chi connectivity index (χ4v) is 3.95. The van der Waals surface area contributed by atoms with Crippen LogP contribution in [0.1, 0.15) is 28.3 Å². The molecule has 0 spiro atoms. The van der Waals surface area contributed by atoms with Crippen molar-refractivity contribution in [2.75, 3.05) is 4.90 Å². The molecule has 1 unspecified atom stereocenters. The van der Waals surface area contributed by atoms with E-state index in [9.17, 15) is 19.1 Å². The molecule has 4 nitrogen and oxygen atoms in total. The summed E-state index contributed by atoms with van der Waals surface area (Å²) in [7, 11) is 0. The van der Waals surface area contributed by atoms with Crippen molar-refractivity contribution in [3.8, 4) is 0 Å². The van der Waals surface area contributed by atoms with Gasteiger partial charge in [0.25, 0.3) is 11.7 Å². The second-order valence-electron chi connectivity index (χ2n) is 7.47. The van der Waals surface area contributed by atoms with Crippen molar-refractivity contribution in [3.63, 3.8) is 0 Å². The number of benzene rings is 3. The largest absolute Gasteiger partial charge is 0.507 e. The topological polar surface area (TPSA) is 57.6 Å². The lowest BCUT2D eigenvalue weighted by Crippen LogP contribution is -2.30. The van der Waals surface area contributed by atoms with Gasteiger partial charge < -0.3 is 5.11 Å². The maximum absolute atomic E-state index is 14.9. The summed E-state index contributed by atoms with van der Waals surface area (Å²) >= 11 is 6.04. The summed E-state index contributed by atoms with van der Waals surface area (Å²) in [6, 6.07) is 16.4. The Morgan fingerprint density at radius 1 is 0.968 bits per heavy atom. The molecule has 1 aliphatic rings. The Kier molecular flexibility index (Phi) is 5.38. The van der Waals surface area contributed by atoms with Crippen LogP contribution in [-0.2, 0) is 9.59 Å². The number of aryl methyl sites for hydroxylation is 2. The van der Waals surface area contributed by atoms with Crippen LogP contribution in [0.4, 0.5) is 10.1 Å². The molecule has 0 aliphatic carbocycles. The monoisotopic (exact) mass is 435 g/mol. The van der Waals surface area contributed by atoms with Crippen molar-refractivity contribution in [2.24, 2.45) is 0 Å². The molecule has 0 saturated carbocycles. The van der Waals surface area contributed by atoms with Crippen LogP contribution in [0, 0.1) is 19.7 Å². The molecule has 4 rings (SSSR count). The predicted octanol–water partition coefficient (Wildman–Crippen LogP) is 5.72. The quantitative estimate of drug-likeness (QED) is 0.325. The van der Waals surface area contributed by atoms with Gasteiger partial charge in [-0.2, -0.15) is 0 Å². The molecule has 0 aromatic heterocycles. The van der Waals surface area contributed by atoms with Crippen LogP contribution in [-0.4, -0.2) is 16.8 Å². The molecule has 1 heterocycles. The van der Waals surface area contributed by atoms with E-state index in [1.54, 1.807) is 36.4 Å². The van der Waals surface area contributed by atoms with Crippen molar-refractivity contribution in [2.45, 2.75) is 19.9 Å². The van der Waals surface area contributed by atoms with Crippen LogP contribution in [0.2, 0.25) is 5.02 Å². The molecule has 6 heteroatoms. The molecule has 3 aromatic rings. The lowest BCUT2D eigenvalue weighted by atomic mass is 9.94. The first kappa shape index (κ1) is 20.8. The molecule has 1 atom stereocenters. The number of carbonyl (C=O) groups excluding carboxylic acids is 2. The van der Waals surface area contributed by atoms with Gasteiger partial charge in [0, 0.05) is 21.8 Å². The van der Waals surface area contributed by atoms with Crippen LogP contribution in [0.3, 0.4) is 0 Å². The minimum Gasteiger partial charge on any atom is -0.507 e. The van der Waals surface area contributed by atoms with Crippen LogP contribution in [0.5, 0.6) is 0 Å². The third-order valence-electron chi connectivity index (χ3n) is 5.51. The van der Waals surface area contributed by atoms with Crippen LogP contribution in [0.15, 0.2) is 72.3 Å². The zero-order chi connectivity index (χ0) is 22.3. The number of Topliss-reactive ketones (excluding diaryl/α,β-unsaturated/α-hetero) is 1. The Morgan fingerprint density at radius 3 is 2.39 bits per heavy atom. The van der Waals surface area contributed by atoms with E-state index in [-0.39, 0.29) is 16.7 Å². The van der Waals surface area contributed by atoms with E-state index in [1.165, 1.54) is 29.2 Å². The molecule has 0 radical (unpaired) electrons. The highest BCUT2D eigenvalue weighted by molar-refractivity contribution is 6.51. The normalized spacial score (nSPS) is 17.9. The summed E-state index contributed by atoms with van der Waals surface area (Å²) in [4.78, 5) is 27.4. The van der Waals surface area contributed by atoms with E-state index in [0.29, 0.717) is 10.7 Å². The first-order valence-corrected chi connectivity index (χ1v) is 10.1. The molecule has 31 heavy (non-hydrogen) atoms. The number of hydrogen-bond donors (Lipinski definition) is 1. The van der Waals surface area contributed by atoms with Gasteiger partial charge in [0.2, 0.25) is 0 Å². The van der Waals surface area contributed by atoms with Gasteiger partial charge in [-0.05, 0) is 55.3 Å². The number of hydrogen-bond acceptors (Lipinski definition) is 3. The molecular weight excluding hydrogens is 417 g/mol. The SMILES string of the molecule is Cc1ccc(N2C(=O)C(=O)/C(=C(/O)c3cccc(Cl)c3)C2c2ccccc2F)cc1C. The smallest absolute Gasteiger partial charge is 0.300 e. The molecule has 3 aromatic carbocycles. The standard InChI is InChI=1S/C25H19ClFNO3/c1-14-10-11-18(12-15(14)2)28-22(19-8-3-4-9-20(19)27)21(24(30)25(28)31)23(29)16-6-5-7-17(26)13-16/h3-13,22,29H,1-2H3/b23-21+. The molecule has 1 fully saturated rings. The van der Waals surface area contributed by atoms with E-state index in [0.717, 1.165) is 11.1 Å². The van der Waals surface area contributed by atoms with Gasteiger partial charge in [0.1, 0.15) is 11.6 Å². The maximum Gasteiger partial charge on any atom is 0.300 e. The van der Waals surface area contributed by atoms with Crippen molar-refractivity contribution in [3.05, 3.63) is 105 Å². The van der Waals surface area contributed by atoms with Crippen LogP contribution in [0.25, 0.3) is 5.76 Å². The zero-order valence-corrected chi connectivity index (χ0v) is 17.7. The van der Waals surface area contributed by atoms with Gasteiger partial charge in [-0.25, -0.2) is 4.39 Å². The molecular formula is C25H19ClFNO3. The lowest BCUT2D eigenvalue weighted by Gasteiger charge is -2.26. The highest BCUT2D eigenvalue weighted by Crippen LogP contribution is 2.43. The van der Waals surface area contributed by atoms with Crippen molar-refractivity contribution in [1.29, 1.82) is 0 Å². The van der Waals surface area contributed by atoms with E-state index in [1.807, 2.05) is 19.9 Å². The van der Waals surface area contributed by atoms with E-state index in [4.69, 9.17) is 11.6 Å². The predicted molar refractivity (Wildman–Crippen MR) is 119 cm³/mol. The van der Waals surface area contributed by atoms with E-state index in [2.05, 4.69) is 0 Å². The number of ketones is 1. The van der Waals surface area contributed by atoms with E-state index >= 15 is 0 Å². The summed E-state index contributed by atoms with van der Waals surface area (Å²) in [5, 5.41) is 11.4. The number of amides is 1. The Morgan fingerprint density at radius 2 is 1.71 bits per heavy atom. The van der Waals surface area contributed by atoms with Crippen molar-refractivity contribution < 1.29 is 19.1 Å². The minimum absolute atomic E-state index is 0.114.